The van der Waals surface area contributed by atoms with Crippen LogP contribution in [0.25, 0.3) is 11.3 Å². The minimum atomic E-state index is -0.0716. The molecule has 0 atom stereocenters. The van der Waals surface area contributed by atoms with Gasteiger partial charge in [-0.15, -0.1) is 24.0 Å². The number of benzene rings is 2. The molecule has 1 heterocycles. The minimum Gasteiger partial charge on any atom is -0.357 e. The van der Waals surface area contributed by atoms with Crippen LogP contribution in [-0.2, 0) is 13.0 Å². The van der Waals surface area contributed by atoms with E-state index in [1.165, 1.54) is 0 Å². The van der Waals surface area contributed by atoms with E-state index in [1.807, 2.05) is 55.5 Å². The van der Waals surface area contributed by atoms with Gasteiger partial charge in [0.2, 0.25) is 0 Å². The fourth-order valence-electron chi connectivity index (χ4n) is 3.21. The number of amides is 1. The fourth-order valence-corrected chi connectivity index (χ4v) is 3.21. The van der Waals surface area contributed by atoms with Crippen LogP contribution < -0.4 is 16.0 Å². The Bertz CT molecular complexity index is 1020. The number of nitrogens with zero attached hydrogens (tertiary/aromatic N) is 2. The standard InChI is InChI=1S/C25H29N5O.HI/c1-3-27-25(29-15-13-19-8-6-11-22(16-19)24(31)26-2)30-18-20-9-7-10-21(17-20)23-12-4-5-14-28-23;/h4-12,14,16-17H,3,13,15,18H2,1-2H3,(H,26,31)(H2,27,29,30);1H. The summed E-state index contributed by atoms with van der Waals surface area (Å²) in [7, 11) is 1.64. The second-order valence-corrected chi connectivity index (χ2v) is 7.07. The van der Waals surface area contributed by atoms with Crippen LogP contribution in [0.5, 0.6) is 0 Å². The van der Waals surface area contributed by atoms with Gasteiger partial charge in [-0.25, -0.2) is 4.99 Å². The molecule has 0 aliphatic carbocycles. The van der Waals surface area contributed by atoms with Gasteiger partial charge >= 0.3 is 0 Å². The Labute approximate surface area is 207 Å². The van der Waals surface area contributed by atoms with Gasteiger partial charge < -0.3 is 16.0 Å². The molecule has 0 unspecified atom stereocenters. The lowest BCUT2D eigenvalue weighted by atomic mass is 10.1. The van der Waals surface area contributed by atoms with Gasteiger partial charge in [-0.1, -0.05) is 36.4 Å². The van der Waals surface area contributed by atoms with Crippen molar-refractivity contribution in [2.45, 2.75) is 19.9 Å². The number of aromatic nitrogens is 1. The maximum absolute atomic E-state index is 11.8. The molecule has 3 aromatic rings. The van der Waals surface area contributed by atoms with Gasteiger partial charge in [-0.05, 0) is 54.8 Å². The predicted molar refractivity (Wildman–Crippen MR) is 141 cm³/mol. The molecule has 1 amide bonds. The van der Waals surface area contributed by atoms with Crippen LogP contribution in [0.15, 0.2) is 77.9 Å². The Balaban J connectivity index is 0.00000363. The number of hydrogen-bond acceptors (Lipinski definition) is 3. The lowest BCUT2D eigenvalue weighted by Crippen LogP contribution is -2.38. The summed E-state index contributed by atoms with van der Waals surface area (Å²) in [6, 6.07) is 21.9. The van der Waals surface area contributed by atoms with Crippen LogP contribution >= 0.6 is 24.0 Å². The maximum Gasteiger partial charge on any atom is 0.251 e. The highest BCUT2D eigenvalue weighted by Crippen LogP contribution is 2.18. The normalized spacial score (nSPS) is 10.8. The van der Waals surface area contributed by atoms with Crippen LogP contribution in [0, 0.1) is 0 Å². The van der Waals surface area contributed by atoms with Gasteiger partial charge in [0, 0.05) is 37.5 Å². The highest BCUT2D eigenvalue weighted by atomic mass is 127. The molecule has 0 saturated heterocycles. The Morgan fingerprint density at radius 2 is 1.78 bits per heavy atom. The van der Waals surface area contributed by atoms with Gasteiger partial charge in [0.05, 0.1) is 12.2 Å². The first kappa shape index (κ1) is 25.3. The average molecular weight is 543 g/mol. The van der Waals surface area contributed by atoms with Crippen LogP contribution in [0.2, 0.25) is 0 Å². The number of nitrogens with one attached hydrogen (secondary N) is 3. The topological polar surface area (TPSA) is 78.4 Å². The first-order valence-electron chi connectivity index (χ1n) is 10.5. The first-order valence-corrected chi connectivity index (χ1v) is 10.5. The molecule has 3 rings (SSSR count). The van der Waals surface area contributed by atoms with Crippen LogP contribution in [-0.4, -0.2) is 37.0 Å². The summed E-state index contributed by atoms with van der Waals surface area (Å²) < 4.78 is 0. The summed E-state index contributed by atoms with van der Waals surface area (Å²) in [4.78, 5) is 20.9. The Morgan fingerprint density at radius 3 is 2.53 bits per heavy atom. The predicted octanol–water partition coefficient (Wildman–Crippen LogP) is 4.02. The molecule has 6 nitrogen and oxygen atoms in total. The second-order valence-electron chi connectivity index (χ2n) is 7.07. The summed E-state index contributed by atoms with van der Waals surface area (Å²) in [5.41, 5.74) is 4.94. The molecule has 7 heteroatoms. The number of halogens is 1. The molecule has 0 aliphatic rings. The number of guanidine groups is 1. The van der Waals surface area contributed by atoms with E-state index in [1.54, 1.807) is 13.2 Å². The number of hydrogen-bond donors (Lipinski definition) is 3. The quantitative estimate of drug-likeness (QED) is 0.228. The molecule has 0 aliphatic heterocycles. The third-order valence-electron chi connectivity index (χ3n) is 4.77. The lowest BCUT2D eigenvalue weighted by molar-refractivity contribution is 0.0963. The van der Waals surface area contributed by atoms with Crippen molar-refractivity contribution in [3.63, 3.8) is 0 Å². The number of pyridine rings is 1. The molecule has 2 aromatic carbocycles. The van der Waals surface area contributed by atoms with E-state index in [9.17, 15) is 4.79 Å². The van der Waals surface area contributed by atoms with E-state index < -0.39 is 0 Å². The highest BCUT2D eigenvalue weighted by molar-refractivity contribution is 14.0. The molecule has 1 aromatic heterocycles. The van der Waals surface area contributed by atoms with Crippen molar-refractivity contribution in [1.82, 2.24) is 20.9 Å². The van der Waals surface area contributed by atoms with E-state index in [-0.39, 0.29) is 29.9 Å². The molecule has 0 fully saturated rings. The van der Waals surface area contributed by atoms with Gasteiger partial charge in [0.25, 0.3) is 5.91 Å². The molecule has 0 saturated carbocycles. The minimum absolute atomic E-state index is 0. The summed E-state index contributed by atoms with van der Waals surface area (Å²) in [5.74, 6) is 0.700. The fraction of sp³-hybridized carbons (Fsp3) is 0.240. The first-order chi connectivity index (χ1) is 15.2. The SMILES string of the molecule is CCNC(=NCc1cccc(-c2ccccn2)c1)NCCc1cccc(C(=O)NC)c1.I. The highest BCUT2D eigenvalue weighted by Gasteiger charge is 2.05. The van der Waals surface area contributed by atoms with Crippen molar-refractivity contribution in [2.75, 3.05) is 20.1 Å². The molecular formula is C25H30IN5O. The van der Waals surface area contributed by atoms with E-state index in [0.29, 0.717) is 12.1 Å². The van der Waals surface area contributed by atoms with Crippen LogP contribution in [0.3, 0.4) is 0 Å². The molecule has 0 bridgehead atoms. The average Bonchev–Trinajstić information content (AvgIpc) is 2.83. The molecule has 0 radical (unpaired) electrons. The molecule has 168 valence electrons. The number of carbonyl (C=O) groups excluding carboxylic acids is 1. The third-order valence-corrected chi connectivity index (χ3v) is 4.77. The summed E-state index contributed by atoms with van der Waals surface area (Å²) in [6.45, 7) is 4.12. The Kier molecular flexibility index (Phi) is 10.7. The smallest absolute Gasteiger partial charge is 0.251 e. The second kappa shape index (κ2) is 13.5. The molecular weight excluding hydrogens is 513 g/mol. The van der Waals surface area contributed by atoms with Crippen molar-refractivity contribution < 1.29 is 4.79 Å². The number of carbonyl (C=O) groups is 1. The largest absolute Gasteiger partial charge is 0.357 e. The zero-order valence-electron chi connectivity index (χ0n) is 18.5. The summed E-state index contributed by atoms with van der Waals surface area (Å²) >= 11 is 0. The van der Waals surface area contributed by atoms with Crippen LogP contribution in [0.4, 0.5) is 0 Å². The van der Waals surface area contributed by atoms with Crippen LogP contribution in [0.1, 0.15) is 28.4 Å². The van der Waals surface area contributed by atoms with Crippen molar-refractivity contribution >= 4 is 35.8 Å². The monoisotopic (exact) mass is 543 g/mol. The number of aliphatic imine (C=N–C) groups is 1. The third kappa shape index (κ3) is 7.64. The maximum atomic E-state index is 11.8. The Hall–Kier alpha value is -2.94. The van der Waals surface area contributed by atoms with E-state index in [0.717, 1.165) is 47.9 Å². The van der Waals surface area contributed by atoms with E-state index in [4.69, 9.17) is 4.99 Å². The number of rotatable bonds is 8. The zero-order chi connectivity index (χ0) is 21.9. The van der Waals surface area contributed by atoms with Crippen molar-refractivity contribution in [1.29, 1.82) is 0 Å². The lowest BCUT2D eigenvalue weighted by Gasteiger charge is -2.12. The van der Waals surface area contributed by atoms with Gasteiger partial charge in [-0.2, -0.15) is 0 Å². The van der Waals surface area contributed by atoms with Crippen molar-refractivity contribution in [3.8, 4) is 11.3 Å². The van der Waals surface area contributed by atoms with Gasteiger partial charge in [-0.3, -0.25) is 9.78 Å². The zero-order valence-corrected chi connectivity index (χ0v) is 20.8. The molecule has 32 heavy (non-hydrogen) atoms. The molecule has 0 spiro atoms. The van der Waals surface area contributed by atoms with Gasteiger partial charge in [0.15, 0.2) is 5.96 Å². The summed E-state index contributed by atoms with van der Waals surface area (Å²) in [6.07, 6.45) is 2.60. The van der Waals surface area contributed by atoms with E-state index in [2.05, 4.69) is 39.1 Å². The van der Waals surface area contributed by atoms with Crippen molar-refractivity contribution in [3.05, 3.63) is 89.6 Å². The molecule has 3 N–H and O–H groups in total. The van der Waals surface area contributed by atoms with Crippen molar-refractivity contribution in [2.24, 2.45) is 4.99 Å². The summed E-state index contributed by atoms with van der Waals surface area (Å²) in [5, 5.41) is 9.32. The Morgan fingerprint density at radius 1 is 0.969 bits per heavy atom. The van der Waals surface area contributed by atoms with E-state index >= 15 is 0 Å². The van der Waals surface area contributed by atoms with Gasteiger partial charge in [0.1, 0.15) is 0 Å².